The first-order valence-electron chi connectivity index (χ1n) is 8.20. The van der Waals surface area contributed by atoms with E-state index in [-0.39, 0.29) is 16.9 Å². The van der Waals surface area contributed by atoms with Crippen molar-refractivity contribution in [1.82, 2.24) is 4.90 Å². The number of likely N-dealkylation sites (N-methyl/N-ethyl adjacent to an activating group) is 1. The van der Waals surface area contributed by atoms with Gasteiger partial charge >= 0.3 is 0 Å². The fourth-order valence-electron chi connectivity index (χ4n) is 2.82. The van der Waals surface area contributed by atoms with Crippen molar-refractivity contribution in [3.8, 4) is 17.4 Å². The van der Waals surface area contributed by atoms with Crippen LogP contribution in [-0.2, 0) is 9.59 Å². The number of hydrogen-bond donors (Lipinski definition) is 0. The van der Waals surface area contributed by atoms with Crippen molar-refractivity contribution in [1.29, 1.82) is 5.26 Å². The molecule has 1 aliphatic rings. The van der Waals surface area contributed by atoms with Crippen LogP contribution in [0, 0.1) is 11.3 Å². The Morgan fingerprint density at radius 3 is 2.59 bits per heavy atom. The minimum absolute atomic E-state index is 0.0453. The maximum atomic E-state index is 12.4. The Hall–Kier alpha value is -3.72. The summed E-state index contributed by atoms with van der Waals surface area (Å²) in [6.45, 7) is 3.05. The molecule has 2 aromatic rings. The van der Waals surface area contributed by atoms with Crippen LogP contribution < -0.4 is 0 Å². The molecule has 134 valence electrons. The number of nitrogens with zero attached hydrogens (tertiary/aromatic N) is 2. The fraction of sp³-hybridized carbons (Fsp3) is 0.143. The summed E-state index contributed by atoms with van der Waals surface area (Å²) in [4.78, 5) is 36.9. The standard InChI is InChI=1S/C21H16N2O4/c1-12-17(20(25)23(3)21(26)18(12)11-22)10-16-7-8-19(27-16)15-6-4-5-14(9-15)13(2)24/h4-10H,1-3H3/b17-10+. The summed E-state index contributed by atoms with van der Waals surface area (Å²) in [5.74, 6) is -0.205. The molecule has 6 nitrogen and oxygen atoms in total. The summed E-state index contributed by atoms with van der Waals surface area (Å²) in [7, 11) is 1.34. The van der Waals surface area contributed by atoms with Crippen LogP contribution in [0.3, 0.4) is 0 Å². The second-order valence-corrected chi connectivity index (χ2v) is 6.18. The molecule has 0 radical (unpaired) electrons. The van der Waals surface area contributed by atoms with Gasteiger partial charge in [-0.15, -0.1) is 0 Å². The minimum atomic E-state index is -0.613. The molecule has 1 aliphatic heterocycles. The Balaban J connectivity index is 2.02. The van der Waals surface area contributed by atoms with E-state index in [4.69, 9.17) is 4.42 Å². The van der Waals surface area contributed by atoms with Crippen molar-refractivity contribution in [2.45, 2.75) is 13.8 Å². The van der Waals surface area contributed by atoms with Crippen LogP contribution in [0.2, 0.25) is 0 Å². The molecule has 6 heteroatoms. The highest BCUT2D eigenvalue weighted by atomic mass is 16.3. The minimum Gasteiger partial charge on any atom is -0.457 e. The second kappa shape index (κ2) is 6.89. The van der Waals surface area contributed by atoms with Crippen molar-refractivity contribution >= 4 is 23.7 Å². The Bertz CT molecular complexity index is 1080. The summed E-state index contributed by atoms with van der Waals surface area (Å²) >= 11 is 0. The first-order chi connectivity index (χ1) is 12.8. The molecular weight excluding hydrogens is 344 g/mol. The summed E-state index contributed by atoms with van der Waals surface area (Å²) in [5, 5.41) is 9.20. The van der Waals surface area contributed by atoms with Gasteiger partial charge in [0.05, 0.1) is 0 Å². The van der Waals surface area contributed by atoms with Gasteiger partial charge in [0.25, 0.3) is 11.8 Å². The van der Waals surface area contributed by atoms with Gasteiger partial charge in [-0.1, -0.05) is 18.2 Å². The topological polar surface area (TPSA) is 91.4 Å². The van der Waals surface area contributed by atoms with Crippen LogP contribution in [-0.4, -0.2) is 29.5 Å². The van der Waals surface area contributed by atoms with Gasteiger partial charge in [-0.3, -0.25) is 19.3 Å². The van der Waals surface area contributed by atoms with Crippen LogP contribution in [0.4, 0.5) is 0 Å². The molecule has 1 aromatic heterocycles. The highest BCUT2D eigenvalue weighted by molar-refractivity contribution is 6.19. The highest BCUT2D eigenvalue weighted by Gasteiger charge is 2.33. The van der Waals surface area contributed by atoms with Gasteiger partial charge < -0.3 is 4.42 Å². The molecule has 0 unspecified atom stereocenters. The number of hydrogen-bond acceptors (Lipinski definition) is 5. The first kappa shape index (κ1) is 18.1. The molecule has 1 aromatic carbocycles. The van der Waals surface area contributed by atoms with Crippen LogP contribution in [0.25, 0.3) is 17.4 Å². The molecule has 0 atom stereocenters. The van der Waals surface area contributed by atoms with Crippen molar-refractivity contribution < 1.29 is 18.8 Å². The lowest BCUT2D eigenvalue weighted by Gasteiger charge is -2.23. The summed E-state index contributed by atoms with van der Waals surface area (Å²) in [5.41, 5.74) is 1.79. The van der Waals surface area contributed by atoms with E-state index < -0.39 is 11.8 Å². The lowest BCUT2D eigenvalue weighted by Crippen LogP contribution is -2.39. The van der Waals surface area contributed by atoms with E-state index in [2.05, 4.69) is 0 Å². The third-order valence-electron chi connectivity index (χ3n) is 4.41. The molecule has 2 amide bonds. The highest BCUT2D eigenvalue weighted by Crippen LogP contribution is 2.29. The number of imide groups is 1. The van der Waals surface area contributed by atoms with Crippen molar-refractivity contribution in [3.63, 3.8) is 0 Å². The van der Waals surface area contributed by atoms with Crippen molar-refractivity contribution in [3.05, 3.63) is 64.4 Å². The quantitative estimate of drug-likeness (QED) is 0.475. The molecule has 0 bridgehead atoms. The molecule has 0 fully saturated rings. The number of carbonyl (C=O) groups is 3. The van der Waals surface area contributed by atoms with Gasteiger partial charge in [0.1, 0.15) is 23.2 Å². The normalized spacial score (nSPS) is 16.1. The van der Waals surface area contributed by atoms with Gasteiger partial charge in [-0.2, -0.15) is 5.26 Å². The molecule has 0 aliphatic carbocycles. The Morgan fingerprint density at radius 1 is 1.19 bits per heavy atom. The number of Topliss-reactive ketones (excluding diaryl/α,β-unsaturated/α-hetero) is 1. The van der Waals surface area contributed by atoms with Gasteiger partial charge in [-0.05, 0) is 43.7 Å². The van der Waals surface area contributed by atoms with Crippen LogP contribution in [0.5, 0.6) is 0 Å². The van der Waals surface area contributed by atoms with Gasteiger partial charge in [0.15, 0.2) is 5.78 Å². The third-order valence-corrected chi connectivity index (χ3v) is 4.41. The van der Waals surface area contributed by atoms with E-state index in [1.165, 1.54) is 20.0 Å². The lowest BCUT2D eigenvalue weighted by atomic mass is 9.95. The smallest absolute Gasteiger partial charge is 0.271 e. The number of furan rings is 1. The fourth-order valence-corrected chi connectivity index (χ4v) is 2.82. The molecule has 0 spiro atoms. The Kier molecular flexibility index (Phi) is 4.61. The largest absolute Gasteiger partial charge is 0.457 e. The maximum Gasteiger partial charge on any atom is 0.271 e. The molecule has 0 N–H and O–H groups in total. The maximum absolute atomic E-state index is 12.4. The lowest BCUT2D eigenvalue weighted by molar-refractivity contribution is -0.138. The van der Waals surface area contributed by atoms with Gasteiger partial charge in [0.2, 0.25) is 0 Å². The summed E-state index contributed by atoms with van der Waals surface area (Å²) in [6.07, 6.45) is 1.51. The summed E-state index contributed by atoms with van der Waals surface area (Å²) in [6, 6.07) is 12.3. The zero-order valence-electron chi connectivity index (χ0n) is 15.1. The van der Waals surface area contributed by atoms with Crippen molar-refractivity contribution in [2.24, 2.45) is 0 Å². The first-order valence-corrected chi connectivity index (χ1v) is 8.20. The monoisotopic (exact) mass is 360 g/mol. The Labute approximate surface area is 156 Å². The van der Waals surface area contributed by atoms with Crippen LogP contribution in [0.15, 0.2) is 57.5 Å². The summed E-state index contributed by atoms with van der Waals surface area (Å²) < 4.78 is 5.79. The number of ketones is 1. The van der Waals surface area contributed by atoms with Crippen molar-refractivity contribution in [2.75, 3.05) is 7.05 Å². The average molecular weight is 360 g/mol. The van der Waals surface area contributed by atoms with E-state index in [1.807, 2.05) is 12.1 Å². The Morgan fingerprint density at radius 2 is 1.93 bits per heavy atom. The van der Waals surface area contributed by atoms with Crippen LogP contribution >= 0.6 is 0 Å². The van der Waals surface area contributed by atoms with E-state index in [0.717, 1.165) is 10.5 Å². The van der Waals surface area contributed by atoms with E-state index in [9.17, 15) is 19.6 Å². The number of amides is 2. The van der Waals surface area contributed by atoms with E-state index in [1.54, 1.807) is 37.3 Å². The van der Waals surface area contributed by atoms with Gasteiger partial charge in [-0.25, -0.2) is 0 Å². The molecule has 3 rings (SSSR count). The number of carbonyl (C=O) groups excluding carboxylic acids is 3. The molecule has 2 heterocycles. The number of nitriles is 1. The molecule has 0 saturated carbocycles. The van der Waals surface area contributed by atoms with Gasteiger partial charge in [0, 0.05) is 23.7 Å². The third kappa shape index (κ3) is 3.23. The zero-order chi connectivity index (χ0) is 19.7. The zero-order valence-corrected chi connectivity index (χ0v) is 15.1. The molecule has 0 saturated heterocycles. The second-order valence-electron chi connectivity index (χ2n) is 6.18. The van der Waals surface area contributed by atoms with Crippen LogP contribution in [0.1, 0.15) is 30.0 Å². The number of benzene rings is 1. The predicted molar refractivity (Wildman–Crippen MR) is 98.2 cm³/mol. The van der Waals surface area contributed by atoms with E-state index >= 15 is 0 Å². The SMILES string of the molecule is CC(=O)c1cccc(-c2ccc(/C=C3/C(=O)N(C)C(=O)C(C#N)=C3C)o2)c1. The predicted octanol–water partition coefficient (Wildman–Crippen LogP) is 3.37. The molecule has 27 heavy (non-hydrogen) atoms. The number of rotatable bonds is 3. The van der Waals surface area contributed by atoms with E-state index in [0.29, 0.717) is 22.7 Å². The average Bonchev–Trinajstić information content (AvgIpc) is 3.13. The molecular formula is C21H16N2O4.